The molecular formula is C30H28O7. The summed E-state index contributed by atoms with van der Waals surface area (Å²) in [4.78, 5) is 34.8. The standard InChI is InChI=1S/C30H28O7/c1-18(2)28(31)34-17-35-30(33)37-25-13-9-23(10-14-25)27-16-20(5)26(15-21(27)6)22-7-11-24(12-8-22)36-29(32)19(3)4/h7-16H,1,3,17H2,2,4-6H3. The summed E-state index contributed by atoms with van der Waals surface area (Å²) in [5.41, 5.74) is 6.72. The molecule has 190 valence electrons. The van der Waals surface area contributed by atoms with Crippen LogP contribution in [0.15, 0.2) is 85.0 Å². The summed E-state index contributed by atoms with van der Waals surface area (Å²) in [6.07, 6.45) is -0.987. The van der Waals surface area contributed by atoms with E-state index in [9.17, 15) is 14.4 Å². The van der Waals surface area contributed by atoms with Crippen LogP contribution in [-0.4, -0.2) is 24.9 Å². The van der Waals surface area contributed by atoms with E-state index < -0.39 is 24.9 Å². The van der Waals surface area contributed by atoms with Crippen molar-refractivity contribution < 1.29 is 33.3 Å². The number of hydrogen-bond donors (Lipinski definition) is 0. The number of ether oxygens (including phenoxy) is 4. The van der Waals surface area contributed by atoms with Crippen LogP contribution in [0.2, 0.25) is 0 Å². The molecule has 0 fully saturated rings. The largest absolute Gasteiger partial charge is 0.516 e. The number of carbonyl (C=O) groups is 3. The van der Waals surface area contributed by atoms with Crippen LogP contribution in [-0.2, 0) is 19.1 Å². The second-order valence-corrected chi connectivity index (χ2v) is 8.53. The van der Waals surface area contributed by atoms with E-state index in [1.807, 2.05) is 38.1 Å². The number of aryl methyl sites for hydroxylation is 2. The zero-order valence-electron chi connectivity index (χ0n) is 21.3. The molecule has 0 aliphatic rings. The first-order chi connectivity index (χ1) is 17.5. The molecule has 0 atom stereocenters. The van der Waals surface area contributed by atoms with Crippen LogP contribution < -0.4 is 9.47 Å². The average Bonchev–Trinajstić information content (AvgIpc) is 2.86. The molecule has 0 saturated carbocycles. The number of carbonyl (C=O) groups excluding carboxylic acids is 3. The van der Waals surface area contributed by atoms with Crippen LogP contribution in [0.3, 0.4) is 0 Å². The Morgan fingerprint density at radius 2 is 1.08 bits per heavy atom. The Labute approximate surface area is 215 Å². The Kier molecular flexibility index (Phi) is 8.64. The Morgan fingerprint density at radius 3 is 1.51 bits per heavy atom. The lowest BCUT2D eigenvalue weighted by atomic mass is 9.92. The predicted octanol–water partition coefficient (Wildman–Crippen LogP) is 6.71. The second kappa shape index (κ2) is 11.9. The minimum atomic E-state index is -0.987. The normalized spacial score (nSPS) is 10.3. The lowest BCUT2D eigenvalue weighted by Crippen LogP contribution is -2.15. The van der Waals surface area contributed by atoms with Crippen molar-refractivity contribution in [3.8, 4) is 33.8 Å². The van der Waals surface area contributed by atoms with E-state index in [2.05, 4.69) is 25.3 Å². The van der Waals surface area contributed by atoms with Crippen molar-refractivity contribution in [2.45, 2.75) is 27.7 Å². The molecule has 0 heterocycles. The molecule has 7 nitrogen and oxygen atoms in total. The highest BCUT2D eigenvalue weighted by Gasteiger charge is 2.12. The number of benzene rings is 3. The van der Waals surface area contributed by atoms with Gasteiger partial charge >= 0.3 is 18.1 Å². The van der Waals surface area contributed by atoms with Crippen LogP contribution in [0.5, 0.6) is 11.5 Å². The van der Waals surface area contributed by atoms with E-state index >= 15 is 0 Å². The fraction of sp³-hybridized carbons (Fsp3) is 0.167. The maximum Gasteiger partial charge on any atom is 0.516 e. The molecule has 37 heavy (non-hydrogen) atoms. The van der Waals surface area contributed by atoms with Crippen molar-refractivity contribution in [2.24, 2.45) is 0 Å². The van der Waals surface area contributed by atoms with Gasteiger partial charge in [-0.1, -0.05) is 49.6 Å². The molecule has 0 bridgehead atoms. The topological polar surface area (TPSA) is 88.1 Å². The zero-order valence-corrected chi connectivity index (χ0v) is 21.3. The zero-order chi connectivity index (χ0) is 27.1. The smallest absolute Gasteiger partial charge is 0.424 e. The van der Waals surface area contributed by atoms with E-state index in [-0.39, 0.29) is 5.57 Å². The summed E-state index contributed by atoms with van der Waals surface area (Å²) in [5.74, 6) is -0.364. The van der Waals surface area contributed by atoms with Crippen molar-refractivity contribution in [3.05, 3.63) is 96.1 Å². The lowest BCUT2D eigenvalue weighted by Gasteiger charge is -2.14. The molecule has 3 aromatic carbocycles. The van der Waals surface area contributed by atoms with Crippen molar-refractivity contribution in [1.29, 1.82) is 0 Å². The van der Waals surface area contributed by atoms with Gasteiger partial charge in [0.15, 0.2) is 0 Å². The summed E-state index contributed by atoms with van der Waals surface area (Å²) in [6, 6.07) is 18.5. The van der Waals surface area contributed by atoms with Crippen LogP contribution in [0.4, 0.5) is 4.79 Å². The fourth-order valence-electron chi connectivity index (χ4n) is 3.42. The first-order valence-electron chi connectivity index (χ1n) is 11.4. The van der Waals surface area contributed by atoms with Crippen molar-refractivity contribution in [1.82, 2.24) is 0 Å². The molecule has 0 N–H and O–H groups in total. The van der Waals surface area contributed by atoms with Crippen molar-refractivity contribution in [3.63, 3.8) is 0 Å². The van der Waals surface area contributed by atoms with Gasteiger partial charge in [-0.2, -0.15) is 0 Å². The first kappa shape index (κ1) is 26.9. The van der Waals surface area contributed by atoms with Gasteiger partial charge in [0.1, 0.15) is 11.5 Å². The highest BCUT2D eigenvalue weighted by molar-refractivity contribution is 5.89. The highest BCUT2D eigenvalue weighted by atomic mass is 16.8. The second-order valence-electron chi connectivity index (χ2n) is 8.53. The van der Waals surface area contributed by atoms with Gasteiger partial charge in [0.25, 0.3) is 0 Å². The van der Waals surface area contributed by atoms with E-state index in [4.69, 9.17) is 18.9 Å². The maximum absolute atomic E-state index is 11.8. The Morgan fingerprint density at radius 1 is 0.649 bits per heavy atom. The molecular weight excluding hydrogens is 472 g/mol. The van der Waals surface area contributed by atoms with Gasteiger partial charge in [-0.05, 0) is 85.3 Å². The molecule has 0 aliphatic carbocycles. The molecule has 3 rings (SSSR count). The van der Waals surface area contributed by atoms with E-state index in [0.717, 1.165) is 33.4 Å². The van der Waals surface area contributed by atoms with Crippen LogP contribution in [0, 0.1) is 13.8 Å². The van der Waals surface area contributed by atoms with Gasteiger partial charge in [0, 0.05) is 11.1 Å². The predicted molar refractivity (Wildman–Crippen MR) is 140 cm³/mol. The highest BCUT2D eigenvalue weighted by Crippen LogP contribution is 2.33. The van der Waals surface area contributed by atoms with Gasteiger partial charge in [0.05, 0.1) is 0 Å². The van der Waals surface area contributed by atoms with Crippen LogP contribution in [0.1, 0.15) is 25.0 Å². The SMILES string of the molecule is C=C(C)C(=O)OCOC(=O)Oc1ccc(-c2cc(C)c(-c3ccc(OC(=O)C(=C)C)cc3)cc2C)cc1. The van der Waals surface area contributed by atoms with E-state index in [1.54, 1.807) is 31.2 Å². The summed E-state index contributed by atoms with van der Waals surface area (Å²) in [6.45, 7) is 13.6. The van der Waals surface area contributed by atoms with Crippen molar-refractivity contribution in [2.75, 3.05) is 6.79 Å². The fourth-order valence-corrected chi connectivity index (χ4v) is 3.42. The first-order valence-corrected chi connectivity index (χ1v) is 11.4. The van der Waals surface area contributed by atoms with Crippen LogP contribution in [0.25, 0.3) is 22.3 Å². The van der Waals surface area contributed by atoms with E-state index in [1.165, 1.54) is 6.92 Å². The third kappa shape index (κ3) is 7.18. The third-order valence-electron chi connectivity index (χ3n) is 5.38. The Hall–Kier alpha value is -4.65. The molecule has 0 aromatic heterocycles. The monoisotopic (exact) mass is 500 g/mol. The summed E-state index contributed by atoms with van der Waals surface area (Å²) < 4.78 is 19.8. The number of esters is 2. The molecule has 0 amide bonds. The third-order valence-corrected chi connectivity index (χ3v) is 5.38. The lowest BCUT2D eigenvalue weighted by molar-refractivity contribution is -0.147. The summed E-state index contributed by atoms with van der Waals surface area (Å²) in [7, 11) is 0. The number of hydrogen-bond acceptors (Lipinski definition) is 7. The quantitative estimate of drug-likeness (QED) is 0.112. The molecule has 0 spiro atoms. The van der Waals surface area contributed by atoms with Crippen LogP contribution >= 0.6 is 0 Å². The van der Waals surface area contributed by atoms with Gasteiger partial charge in [0.2, 0.25) is 6.79 Å². The Balaban J connectivity index is 1.68. The molecule has 0 radical (unpaired) electrons. The van der Waals surface area contributed by atoms with E-state index in [0.29, 0.717) is 17.1 Å². The average molecular weight is 501 g/mol. The van der Waals surface area contributed by atoms with Gasteiger partial charge in [-0.15, -0.1) is 0 Å². The van der Waals surface area contributed by atoms with Gasteiger partial charge in [-0.3, -0.25) is 0 Å². The Bertz CT molecular complexity index is 1350. The minimum Gasteiger partial charge on any atom is -0.424 e. The van der Waals surface area contributed by atoms with Gasteiger partial charge < -0.3 is 18.9 Å². The molecule has 3 aromatic rings. The van der Waals surface area contributed by atoms with Crippen molar-refractivity contribution >= 4 is 18.1 Å². The van der Waals surface area contributed by atoms with Gasteiger partial charge in [-0.25, -0.2) is 14.4 Å². The molecule has 7 heteroatoms. The molecule has 0 saturated heterocycles. The summed E-state index contributed by atoms with van der Waals surface area (Å²) >= 11 is 0. The molecule has 0 aliphatic heterocycles. The maximum atomic E-state index is 11.8. The summed E-state index contributed by atoms with van der Waals surface area (Å²) in [5, 5.41) is 0. The molecule has 0 unspecified atom stereocenters. The number of rotatable bonds is 8. The minimum absolute atomic E-state index is 0.200.